The van der Waals surface area contributed by atoms with Crippen LogP contribution >= 0.6 is 15.9 Å². The maximum Gasteiger partial charge on any atom is 0.165 e. The van der Waals surface area contributed by atoms with Gasteiger partial charge in [0.25, 0.3) is 0 Å². The van der Waals surface area contributed by atoms with Crippen LogP contribution in [-0.2, 0) is 6.42 Å². The summed E-state index contributed by atoms with van der Waals surface area (Å²) in [6, 6.07) is 12.7. The van der Waals surface area contributed by atoms with Gasteiger partial charge in [0.15, 0.2) is 11.6 Å². The molecule has 0 aliphatic heterocycles. The molecule has 0 saturated carbocycles. The first-order valence-corrected chi connectivity index (χ1v) is 6.97. The second kappa shape index (κ2) is 6.83. The maximum absolute atomic E-state index is 13.4. The molecule has 2 rings (SSSR count). The van der Waals surface area contributed by atoms with Crippen LogP contribution in [0.15, 0.2) is 46.9 Å². The zero-order valence-electron chi connectivity index (χ0n) is 11.1. The van der Waals surface area contributed by atoms with Crippen molar-refractivity contribution in [3.8, 4) is 5.75 Å². The molecule has 5 heteroatoms. The molecule has 0 bridgehead atoms. The van der Waals surface area contributed by atoms with Crippen molar-refractivity contribution in [1.29, 1.82) is 0 Å². The van der Waals surface area contributed by atoms with Gasteiger partial charge < -0.3 is 4.74 Å². The Morgan fingerprint density at radius 2 is 1.95 bits per heavy atom. The Labute approximate surface area is 126 Å². The van der Waals surface area contributed by atoms with Crippen molar-refractivity contribution in [2.24, 2.45) is 5.84 Å². The first-order chi connectivity index (χ1) is 9.63. The summed E-state index contributed by atoms with van der Waals surface area (Å²) in [6.45, 7) is 0. The van der Waals surface area contributed by atoms with E-state index in [1.165, 1.54) is 13.2 Å². The van der Waals surface area contributed by atoms with Crippen LogP contribution in [0.5, 0.6) is 5.75 Å². The van der Waals surface area contributed by atoms with E-state index in [9.17, 15) is 4.39 Å². The van der Waals surface area contributed by atoms with Crippen LogP contribution in [0.25, 0.3) is 0 Å². The summed E-state index contributed by atoms with van der Waals surface area (Å²) < 4.78 is 19.5. The Morgan fingerprint density at radius 1 is 1.25 bits per heavy atom. The molecule has 2 aromatic rings. The summed E-state index contributed by atoms with van der Waals surface area (Å²) in [6.07, 6.45) is 0.707. The average molecular weight is 339 g/mol. The van der Waals surface area contributed by atoms with E-state index in [1.54, 1.807) is 12.1 Å². The topological polar surface area (TPSA) is 47.3 Å². The molecular weight excluding hydrogens is 323 g/mol. The molecule has 0 aliphatic carbocycles. The monoisotopic (exact) mass is 338 g/mol. The number of hydrogen-bond acceptors (Lipinski definition) is 3. The lowest BCUT2D eigenvalue weighted by atomic mass is 9.99. The molecule has 0 saturated heterocycles. The van der Waals surface area contributed by atoms with Gasteiger partial charge in [0.2, 0.25) is 0 Å². The molecule has 3 nitrogen and oxygen atoms in total. The van der Waals surface area contributed by atoms with Gasteiger partial charge in [-0.25, -0.2) is 4.39 Å². The van der Waals surface area contributed by atoms with Crippen LogP contribution in [-0.4, -0.2) is 7.11 Å². The van der Waals surface area contributed by atoms with Crippen LogP contribution < -0.4 is 16.0 Å². The Morgan fingerprint density at radius 3 is 2.55 bits per heavy atom. The van der Waals surface area contributed by atoms with Crippen LogP contribution in [0.3, 0.4) is 0 Å². The van der Waals surface area contributed by atoms with Gasteiger partial charge in [0.05, 0.1) is 13.2 Å². The smallest absolute Gasteiger partial charge is 0.165 e. The number of methoxy groups -OCH3 is 1. The first-order valence-electron chi connectivity index (χ1n) is 6.18. The summed E-state index contributed by atoms with van der Waals surface area (Å²) in [7, 11) is 1.45. The molecule has 0 radical (unpaired) electrons. The van der Waals surface area contributed by atoms with Gasteiger partial charge >= 0.3 is 0 Å². The highest BCUT2D eigenvalue weighted by Crippen LogP contribution is 2.25. The molecule has 20 heavy (non-hydrogen) atoms. The molecule has 3 N–H and O–H groups in total. The molecule has 2 aromatic carbocycles. The third-order valence-electron chi connectivity index (χ3n) is 3.13. The second-order valence-electron chi connectivity index (χ2n) is 4.44. The number of nitrogens with two attached hydrogens (primary N) is 1. The molecule has 0 heterocycles. The number of rotatable bonds is 5. The van der Waals surface area contributed by atoms with Gasteiger partial charge in [0.1, 0.15) is 0 Å². The zero-order valence-corrected chi connectivity index (χ0v) is 12.7. The van der Waals surface area contributed by atoms with Crippen molar-refractivity contribution < 1.29 is 9.13 Å². The fraction of sp³-hybridized carbons (Fsp3) is 0.200. The Hall–Kier alpha value is -1.43. The highest BCUT2D eigenvalue weighted by molar-refractivity contribution is 9.10. The fourth-order valence-corrected chi connectivity index (χ4v) is 2.29. The van der Waals surface area contributed by atoms with Crippen molar-refractivity contribution in [3.05, 3.63) is 63.9 Å². The SMILES string of the molecule is COc1cc(C(Cc2ccc(Br)cc2)NN)ccc1F. The highest BCUT2D eigenvalue weighted by atomic mass is 79.9. The summed E-state index contributed by atoms with van der Waals surface area (Å²) in [5.74, 6) is 5.46. The van der Waals surface area contributed by atoms with Crippen molar-refractivity contribution in [2.75, 3.05) is 7.11 Å². The molecule has 0 fully saturated rings. The third kappa shape index (κ3) is 3.56. The first kappa shape index (κ1) is 15.0. The Kier molecular flexibility index (Phi) is 5.11. The predicted octanol–water partition coefficient (Wildman–Crippen LogP) is 3.34. The lowest BCUT2D eigenvalue weighted by Crippen LogP contribution is -2.29. The van der Waals surface area contributed by atoms with Crippen molar-refractivity contribution in [2.45, 2.75) is 12.5 Å². The minimum absolute atomic E-state index is 0.106. The van der Waals surface area contributed by atoms with Gasteiger partial charge in [0, 0.05) is 4.47 Å². The molecule has 0 amide bonds. The van der Waals surface area contributed by atoms with Crippen LogP contribution in [0.2, 0.25) is 0 Å². The number of benzene rings is 2. The minimum atomic E-state index is -0.379. The molecule has 0 aromatic heterocycles. The van der Waals surface area contributed by atoms with Gasteiger partial charge in [-0.05, 0) is 41.8 Å². The number of halogens is 2. The van der Waals surface area contributed by atoms with Gasteiger partial charge in [-0.2, -0.15) is 0 Å². The lowest BCUT2D eigenvalue weighted by molar-refractivity contribution is 0.384. The van der Waals surface area contributed by atoms with Crippen molar-refractivity contribution in [1.82, 2.24) is 5.43 Å². The second-order valence-corrected chi connectivity index (χ2v) is 5.36. The molecule has 1 unspecified atom stereocenters. The average Bonchev–Trinajstić information content (AvgIpc) is 2.47. The normalized spacial score (nSPS) is 12.2. The van der Waals surface area contributed by atoms with Gasteiger partial charge in [-0.1, -0.05) is 34.1 Å². The Bertz CT molecular complexity index is 575. The molecule has 0 spiro atoms. The summed E-state index contributed by atoms with van der Waals surface area (Å²) in [5, 5.41) is 0. The van der Waals surface area contributed by atoms with Crippen LogP contribution in [0.4, 0.5) is 4.39 Å². The van der Waals surface area contributed by atoms with E-state index in [4.69, 9.17) is 10.6 Å². The van der Waals surface area contributed by atoms with Gasteiger partial charge in [-0.15, -0.1) is 0 Å². The largest absolute Gasteiger partial charge is 0.494 e. The van der Waals surface area contributed by atoms with E-state index in [0.717, 1.165) is 15.6 Å². The van der Waals surface area contributed by atoms with E-state index in [-0.39, 0.29) is 17.6 Å². The van der Waals surface area contributed by atoms with Crippen molar-refractivity contribution >= 4 is 15.9 Å². The fourth-order valence-electron chi connectivity index (χ4n) is 2.02. The van der Waals surface area contributed by atoms with Crippen molar-refractivity contribution in [3.63, 3.8) is 0 Å². The molecule has 106 valence electrons. The minimum Gasteiger partial charge on any atom is -0.494 e. The van der Waals surface area contributed by atoms with Gasteiger partial charge in [-0.3, -0.25) is 11.3 Å². The summed E-state index contributed by atoms with van der Waals surface area (Å²) >= 11 is 3.40. The number of hydrazine groups is 1. The predicted molar refractivity (Wildman–Crippen MR) is 80.9 cm³/mol. The lowest BCUT2D eigenvalue weighted by Gasteiger charge is -2.17. The quantitative estimate of drug-likeness (QED) is 0.649. The number of ether oxygens (including phenoxy) is 1. The molecule has 0 aliphatic rings. The van der Waals surface area contributed by atoms with E-state index >= 15 is 0 Å². The third-order valence-corrected chi connectivity index (χ3v) is 3.66. The molecule has 1 atom stereocenters. The summed E-state index contributed by atoms with van der Waals surface area (Å²) in [5.41, 5.74) is 4.78. The van der Waals surface area contributed by atoms with E-state index < -0.39 is 0 Å². The van der Waals surface area contributed by atoms with E-state index in [2.05, 4.69) is 21.4 Å². The summed E-state index contributed by atoms with van der Waals surface area (Å²) in [4.78, 5) is 0. The van der Waals surface area contributed by atoms with Crippen LogP contribution in [0.1, 0.15) is 17.2 Å². The highest BCUT2D eigenvalue weighted by Gasteiger charge is 2.13. The standard InChI is InChI=1S/C15H16BrFN2O/c1-20-15-9-11(4-7-13(15)17)14(19-18)8-10-2-5-12(16)6-3-10/h2-7,9,14,19H,8,18H2,1H3. The maximum atomic E-state index is 13.4. The zero-order chi connectivity index (χ0) is 14.5. The van der Waals surface area contributed by atoms with Crippen LogP contribution in [0, 0.1) is 5.82 Å². The molecular formula is C15H16BrFN2O. The Balaban J connectivity index is 2.21. The number of nitrogens with one attached hydrogen (secondary N) is 1. The van der Waals surface area contributed by atoms with E-state index in [0.29, 0.717) is 6.42 Å². The van der Waals surface area contributed by atoms with E-state index in [1.807, 2.05) is 24.3 Å². The number of hydrogen-bond donors (Lipinski definition) is 2.